The van der Waals surface area contributed by atoms with Crippen molar-refractivity contribution in [2.24, 2.45) is 0 Å². The molecule has 1 aliphatic rings. The summed E-state index contributed by atoms with van der Waals surface area (Å²) in [6, 6.07) is 0. The maximum atomic E-state index is 11.8. The largest absolute Gasteiger partial charge is 0.790 e. The van der Waals surface area contributed by atoms with Crippen molar-refractivity contribution in [1.82, 2.24) is 9.55 Å². The quantitative estimate of drug-likeness (QED) is 0.221. The third kappa shape index (κ3) is 7.43. The van der Waals surface area contributed by atoms with Gasteiger partial charge in [-0.15, -0.1) is 0 Å². The lowest BCUT2D eigenvalue weighted by Crippen LogP contribution is -2.33. The number of H-pyrrole nitrogens is 1. The predicted octanol–water partition coefficient (Wildman–Crippen LogP) is -3.40. The van der Waals surface area contributed by atoms with Gasteiger partial charge in [-0.25, -0.2) is 9.11 Å². The molecule has 1 fully saturated rings. The van der Waals surface area contributed by atoms with Crippen LogP contribution in [0.4, 0.5) is 0 Å². The van der Waals surface area contributed by atoms with Gasteiger partial charge in [-0.2, -0.15) is 0 Å². The topological polar surface area (TPSA) is 255 Å². The molecule has 1 aliphatic heterocycles. The molecule has 0 amide bonds. The molecule has 1 aromatic heterocycles. The molecule has 29 heavy (non-hydrogen) atoms. The van der Waals surface area contributed by atoms with E-state index in [1.807, 2.05) is 4.98 Å². The number of nitrogens with one attached hydrogen (secondary N) is 1. The van der Waals surface area contributed by atoms with E-state index in [1.54, 1.807) is 22.6 Å². The van der Waals surface area contributed by atoms with Crippen molar-refractivity contribution in [3.05, 3.63) is 30.6 Å². The molecule has 16 nitrogen and oxygen atoms in total. The standard InChI is InChI=1S/C9H14IN2O14P3/c10-4-2-12(9(15)11-8(4)14)7-1-5(13)6(24-7)3-23-28(19,20)26-29(21,22)25-27(16,17)18/h2,5-7,13H,1,3H2,(H,19,20)(H,21,22)(H,11,14,15)(H2,16,17,18)/p-4. The second-order valence-corrected chi connectivity index (χ2v) is 10.8. The zero-order chi connectivity index (χ0) is 22.2. The number of rotatable bonds is 8. The van der Waals surface area contributed by atoms with E-state index in [1.165, 1.54) is 0 Å². The minimum Gasteiger partial charge on any atom is -0.790 e. The van der Waals surface area contributed by atoms with Gasteiger partial charge in [0.15, 0.2) is 0 Å². The number of phosphoric ester groups is 1. The average Bonchev–Trinajstić information content (AvgIpc) is 2.86. The number of ether oxygens (including phenoxy) is 1. The Labute approximate surface area is 174 Å². The first-order valence-corrected chi connectivity index (χ1v) is 12.6. The molecule has 1 aromatic rings. The van der Waals surface area contributed by atoms with E-state index in [-0.39, 0.29) is 9.99 Å². The number of hydrogen-bond donors (Lipinski definition) is 2. The second-order valence-electron chi connectivity index (χ2n) is 5.38. The van der Waals surface area contributed by atoms with Gasteiger partial charge >= 0.3 is 5.69 Å². The maximum absolute atomic E-state index is 11.8. The SMILES string of the molecule is O=c1[nH]c(=O)n(C2CC(O)C(COP(=O)([O-])OP(=O)([O-])OP(=O)([O-])[O-])O2)cc1I. The van der Waals surface area contributed by atoms with Crippen LogP contribution in [0.1, 0.15) is 12.6 Å². The number of halogens is 1. The van der Waals surface area contributed by atoms with Gasteiger partial charge < -0.3 is 38.5 Å². The average molecular weight is 590 g/mol. The third-order valence-electron chi connectivity index (χ3n) is 3.24. The van der Waals surface area contributed by atoms with Crippen LogP contribution in [0, 0.1) is 3.57 Å². The van der Waals surface area contributed by atoms with E-state index >= 15 is 0 Å². The molecule has 166 valence electrons. The Morgan fingerprint density at radius 1 is 1.21 bits per heavy atom. The Bertz CT molecular complexity index is 1020. The molecule has 0 bridgehead atoms. The summed E-state index contributed by atoms with van der Waals surface area (Å²) >= 11 is 1.64. The maximum Gasteiger partial charge on any atom is 0.330 e. The first kappa shape index (κ1) is 25.0. The highest BCUT2D eigenvalue weighted by Crippen LogP contribution is 2.60. The lowest BCUT2D eigenvalue weighted by molar-refractivity contribution is -0.339. The predicted molar refractivity (Wildman–Crippen MR) is 89.5 cm³/mol. The summed E-state index contributed by atoms with van der Waals surface area (Å²) in [6.07, 6.45) is -2.98. The minimum atomic E-state index is -6.12. The van der Waals surface area contributed by atoms with E-state index < -0.39 is 59.8 Å². The molecule has 2 heterocycles. The molecular weight excluding hydrogens is 580 g/mol. The Hall–Kier alpha value is -0.260. The van der Waals surface area contributed by atoms with Gasteiger partial charge in [0.2, 0.25) is 0 Å². The van der Waals surface area contributed by atoms with Gasteiger partial charge in [0.05, 0.1) is 24.1 Å². The highest BCUT2D eigenvalue weighted by molar-refractivity contribution is 14.1. The van der Waals surface area contributed by atoms with Gasteiger partial charge in [0.1, 0.15) is 12.3 Å². The summed E-state index contributed by atoms with van der Waals surface area (Å²) < 4.78 is 49.7. The smallest absolute Gasteiger partial charge is 0.330 e. The van der Waals surface area contributed by atoms with E-state index in [4.69, 9.17) is 4.74 Å². The van der Waals surface area contributed by atoms with E-state index in [2.05, 4.69) is 13.1 Å². The Morgan fingerprint density at radius 3 is 2.41 bits per heavy atom. The van der Waals surface area contributed by atoms with Crippen molar-refractivity contribution in [3.63, 3.8) is 0 Å². The third-order valence-corrected chi connectivity index (χ3v) is 7.67. The lowest BCUT2D eigenvalue weighted by atomic mass is 10.2. The summed E-state index contributed by atoms with van der Waals surface area (Å²) in [4.78, 5) is 68.2. The van der Waals surface area contributed by atoms with Gasteiger partial charge in [-0.1, -0.05) is 0 Å². The van der Waals surface area contributed by atoms with Crippen LogP contribution < -0.4 is 30.8 Å². The molecule has 2 N–H and O–H groups in total. The molecule has 5 unspecified atom stereocenters. The second kappa shape index (κ2) is 9.08. The van der Waals surface area contributed by atoms with Crippen LogP contribution in [-0.2, 0) is 31.6 Å². The summed E-state index contributed by atoms with van der Waals surface area (Å²) in [7, 11) is -18.0. The van der Waals surface area contributed by atoms with Crippen molar-refractivity contribution in [2.75, 3.05) is 6.61 Å². The fourth-order valence-electron chi connectivity index (χ4n) is 2.16. The highest BCUT2D eigenvalue weighted by Gasteiger charge is 2.37. The first-order chi connectivity index (χ1) is 13.1. The summed E-state index contributed by atoms with van der Waals surface area (Å²) in [5.74, 6) is 0. The van der Waals surface area contributed by atoms with Crippen molar-refractivity contribution >= 4 is 46.1 Å². The molecule has 2 rings (SSSR count). The Morgan fingerprint density at radius 2 is 1.83 bits per heavy atom. The highest BCUT2D eigenvalue weighted by atomic mass is 127. The summed E-state index contributed by atoms with van der Waals surface area (Å²) in [5.41, 5.74) is -1.52. The molecule has 0 spiro atoms. The van der Waals surface area contributed by atoms with Gasteiger partial charge in [-0.3, -0.25) is 27.8 Å². The lowest BCUT2D eigenvalue weighted by Gasteiger charge is -2.37. The number of aromatic amines is 1. The summed E-state index contributed by atoms with van der Waals surface area (Å²) in [6.45, 7) is -1.000. The number of aliphatic hydroxyl groups is 1. The number of phosphoric acid groups is 3. The zero-order valence-corrected chi connectivity index (χ0v) is 18.5. The van der Waals surface area contributed by atoms with Crippen LogP contribution >= 0.6 is 46.1 Å². The van der Waals surface area contributed by atoms with Crippen LogP contribution in [0.5, 0.6) is 0 Å². The number of hydrogen-bond acceptors (Lipinski definition) is 14. The fourth-order valence-corrected chi connectivity index (χ4v) is 5.46. The van der Waals surface area contributed by atoms with Crippen LogP contribution in [0.3, 0.4) is 0 Å². The van der Waals surface area contributed by atoms with Gasteiger partial charge in [0.25, 0.3) is 21.2 Å². The van der Waals surface area contributed by atoms with Crippen LogP contribution in [0.15, 0.2) is 15.8 Å². The van der Waals surface area contributed by atoms with Crippen molar-refractivity contribution < 1.29 is 56.3 Å². The molecule has 1 saturated heterocycles. The van der Waals surface area contributed by atoms with Gasteiger partial charge in [0, 0.05) is 12.6 Å². The molecule has 0 radical (unpaired) electrons. The molecular formula is C9H10IN2O14P3-4. The molecule has 0 saturated carbocycles. The number of aliphatic hydroxyl groups excluding tert-OH is 1. The van der Waals surface area contributed by atoms with E-state index in [9.17, 15) is 48.0 Å². The van der Waals surface area contributed by atoms with Crippen molar-refractivity contribution in [1.29, 1.82) is 0 Å². The number of nitrogens with zero attached hydrogens (tertiary/aromatic N) is 1. The normalized spacial score (nSPS) is 26.8. The monoisotopic (exact) mass is 590 g/mol. The number of aromatic nitrogens is 2. The van der Waals surface area contributed by atoms with Crippen molar-refractivity contribution in [2.45, 2.75) is 24.9 Å². The summed E-state index contributed by atoms with van der Waals surface area (Å²) in [5, 5.41) is 9.93. The molecule has 0 aliphatic carbocycles. The van der Waals surface area contributed by atoms with Gasteiger partial charge in [-0.05, 0) is 22.6 Å². The molecule has 20 heteroatoms. The molecule has 5 atom stereocenters. The minimum absolute atomic E-state index is 0.123. The van der Waals surface area contributed by atoms with E-state index in [0.29, 0.717) is 0 Å². The van der Waals surface area contributed by atoms with Crippen LogP contribution in [0.2, 0.25) is 0 Å². The van der Waals surface area contributed by atoms with Crippen molar-refractivity contribution in [3.8, 4) is 0 Å². The van der Waals surface area contributed by atoms with Crippen LogP contribution in [-0.4, -0.2) is 33.5 Å². The Balaban J connectivity index is 2.03. The van der Waals surface area contributed by atoms with Crippen LogP contribution in [0.25, 0.3) is 0 Å². The fraction of sp³-hybridized carbons (Fsp3) is 0.556. The van der Waals surface area contributed by atoms with E-state index in [0.717, 1.165) is 10.8 Å². The first-order valence-electron chi connectivity index (χ1n) is 7.14. The Kier molecular flexibility index (Phi) is 7.83. The molecule has 0 aromatic carbocycles. The zero-order valence-electron chi connectivity index (χ0n) is 13.6.